The molecule has 0 aromatic carbocycles. The van der Waals surface area contributed by atoms with E-state index in [0.29, 0.717) is 30.7 Å². The molecule has 5 nitrogen and oxygen atoms in total. The molecule has 0 fully saturated rings. The van der Waals surface area contributed by atoms with Crippen molar-refractivity contribution in [2.45, 2.75) is 26.4 Å². The molecule has 0 unspecified atom stereocenters. The molecule has 0 aliphatic rings. The average Bonchev–Trinajstić information content (AvgIpc) is 2.98. The second-order valence-corrected chi connectivity index (χ2v) is 4.45. The molecule has 98 valence electrons. The van der Waals surface area contributed by atoms with Crippen molar-refractivity contribution in [1.82, 2.24) is 10.1 Å². The maximum Gasteiger partial charge on any atom is 0.202 e. The van der Waals surface area contributed by atoms with E-state index >= 15 is 0 Å². The van der Waals surface area contributed by atoms with E-state index in [1.807, 2.05) is 18.2 Å². The predicted octanol–water partition coefficient (Wildman–Crippen LogP) is 2.14. The zero-order valence-electron chi connectivity index (χ0n) is 10.7. The van der Waals surface area contributed by atoms with Crippen LogP contribution in [0.25, 0.3) is 11.5 Å². The predicted molar refractivity (Wildman–Crippen MR) is 66.8 cm³/mol. The van der Waals surface area contributed by atoms with Gasteiger partial charge in [0, 0.05) is 25.2 Å². The van der Waals surface area contributed by atoms with Crippen LogP contribution < -0.4 is 0 Å². The molecule has 18 heavy (non-hydrogen) atoms. The molecule has 2 aromatic heterocycles. The Kier molecular flexibility index (Phi) is 4.17. The molecule has 0 aliphatic heterocycles. The third-order valence-corrected chi connectivity index (χ3v) is 2.81. The van der Waals surface area contributed by atoms with Gasteiger partial charge >= 0.3 is 0 Å². The molecule has 0 atom stereocenters. The zero-order chi connectivity index (χ0) is 13.0. The van der Waals surface area contributed by atoms with Crippen molar-refractivity contribution >= 4 is 0 Å². The summed E-state index contributed by atoms with van der Waals surface area (Å²) in [5, 5.41) is 13.0. The van der Waals surface area contributed by atoms with Gasteiger partial charge in [0.05, 0.1) is 18.6 Å². The smallest absolute Gasteiger partial charge is 0.202 e. The van der Waals surface area contributed by atoms with Gasteiger partial charge in [0.2, 0.25) is 5.76 Å². The molecule has 1 N–H and O–H groups in total. The normalized spacial score (nSPS) is 11.6. The van der Waals surface area contributed by atoms with Crippen LogP contribution in [0.15, 0.2) is 33.4 Å². The summed E-state index contributed by atoms with van der Waals surface area (Å²) in [6.07, 6.45) is 1.60. The van der Waals surface area contributed by atoms with Crippen LogP contribution in [0.1, 0.15) is 19.5 Å². The minimum absolute atomic E-state index is 0.140. The van der Waals surface area contributed by atoms with Gasteiger partial charge < -0.3 is 14.0 Å². The highest BCUT2D eigenvalue weighted by Gasteiger charge is 2.14. The molecule has 0 radical (unpaired) electrons. The lowest BCUT2D eigenvalue weighted by Gasteiger charge is -2.24. The van der Waals surface area contributed by atoms with Gasteiger partial charge in [0.25, 0.3) is 0 Å². The van der Waals surface area contributed by atoms with Gasteiger partial charge in [-0.2, -0.15) is 0 Å². The molecule has 0 aliphatic carbocycles. The van der Waals surface area contributed by atoms with Crippen LogP contribution in [0.2, 0.25) is 0 Å². The number of aliphatic hydroxyl groups is 1. The molecular formula is C13H18N2O3. The van der Waals surface area contributed by atoms with E-state index in [1.165, 1.54) is 0 Å². The molecule has 2 rings (SSSR count). The summed E-state index contributed by atoms with van der Waals surface area (Å²) in [5.41, 5.74) is 0.837. The summed E-state index contributed by atoms with van der Waals surface area (Å²) in [7, 11) is 0. The number of furan rings is 1. The lowest BCUT2D eigenvalue weighted by atomic mass is 10.2. The Labute approximate surface area is 106 Å². The molecule has 5 heteroatoms. The molecule has 2 heterocycles. The maximum absolute atomic E-state index is 9.02. The van der Waals surface area contributed by atoms with Crippen molar-refractivity contribution in [3.8, 4) is 11.5 Å². The van der Waals surface area contributed by atoms with E-state index in [-0.39, 0.29) is 6.61 Å². The van der Waals surface area contributed by atoms with Gasteiger partial charge in [-0.15, -0.1) is 0 Å². The topological polar surface area (TPSA) is 62.6 Å². The standard InChI is InChI=1S/C13H18N2O3/c1-10(2)15(5-6-16)9-11-8-13(18-14-11)12-4-3-7-17-12/h3-4,7-8,10,16H,5-6,9H2,1-2H3. The summed E-state index contributed by atoms with van der Waals surface area (Å²) in [6, 6.07) is 5.86. The quantitative estimate of drug-likeness (QED) is 0.851. The largest absolute Gasteiger partial charge is 0.461 e. The summed E-state index contributed by atoms with van der Waals surface area (Å²) in [5.74, 6) is 1.30. The molecule has 0 amide bonds. The monoisotopic (exact) mass is 250 g/mol. The minimum Gasteiger partial charge on any atom is -0.461 e. The van der Waals surface area contributed by atoms with Gasteiger partial charge in [-0.1, -0.05) is 5.16 Å². The number of aliphatic hydroxyl groups excluding tert-OH is 1. The highest BCUT2D eigenvalue weighted by molar-refractivity contribution is 5.49. The Balaban J connectivity index is 2.06. The van der Waals surface area contributed by atoms with Crippen LogP contribution in [0.4, 0.5) is 0 Å². The lowest BCUT2D eigenvalue weighted by Crippen LogP contribution is -2.32. The Bertz CT molecular complexity index is 462. The SMILES string of the molecule is CC(C)N(CCO)Cc1cc(-c2ccco2)on1. The van der Waals surface area contributed by atoms with E-state index < -0.39 is 0 Å². The van der Waals surface area contributed by atoms with Crippen molar-refractivity contribution in [3.05, 3.63) is 30.2 Å². The fraction of sp³-hybridized carbons (Fsp3) is 0.462. The van der Waals surface area contributed by atoms with Gasteiger partial charge in [-0.3, -0.25) is 4.90 Å². The van der Waals surface area contributed by atoms with Crippen LogP contribution >= 0.6 is 0 Å². The second-order valence-electron chi connectivity index (χ2n) is 4.45. The molecular weight excluding hydrogens is 232 g/mol. The third-order valence-electron chi connectivity index (χ3n) is 2.81. The molecule has 0 spiro atoms. The molecule has 0 saturated heterocycles. The molecule has 2 aromatic rings. The first-order valence-corrected chi connectivity index (χ1v) is 6.05. The van der Waals surface area contributed by atoms with Crippen molar-refractivity contribution < 1.29 is 14.0 Å². The van der Waals surface area contributed by atoms with E-state index in [9.17, 15) is 0 Å². The highest BCUT2D eigenvalue weighted by atomic mass is 16.5. The summed E-state index contributed by atoms with van der Waals surface area (Å²) in [4.78, 5) is 2.13. The van der Waals surface area contributed by atoms with Crippen LogP contribution in [0, 0.1) is 0 Å². The molecule has 0 saturated carbocycles. The Morgan fingerprint density at radius 2 is 2.22 bits per heavy atom. The van der Waals surface area contributed by atoms with Crippen molar-refractivity contribution in [2.75, 3.05) is 13.2 Å². The van der Waals surface area contributed by atoms with E-state index in [1.54, 1.807) is 6.26 Å². The zero-order valence-corrected chi connectivity index (χ0v) is 10.7. The fourth-order valence-corrected chi connectivity index (χ4v) is 1.78. The van der Waals surface area contributed by atoms with Crippen LogP contribution in [-0.4, -0.2) is 34.4 Å². The Morgan fingerprint density at radius 1 is 1.39 bits per heavy atom. The second kappa shape index (κ2) is 5.84. The first kappa shape index (κ1) is 12.9. The summed E-state index contributed by atoms with van der Waals surface area (Å²) in [6.45, 7) is 5.59. The maximum atomic E-state index is 9.02. The van der Waals surface area contributed by atoms with Gasteiger partial charge in [0.1, 0.15) is 0 Å². The highest BCUT2D eigenvalue weighted by Crippen LogP contribution is 2.21. The van der Waals surface area contributed by atoms with Crippen LogP contribution in [0.5, 0.6) is 0 Å². The average molecular weight is 250 g/mol. The summed E-state index contributed by atoms with van der Waals surface area (Å²) >= 11 is 0. The number of nitrogens with zero attached hydrogens (tertiary/aromatic N) is 2. The number of rotatable bonds is 6. The van der Waals surface area contributed by atoms with Gasteiger partial charge in [-0.25, -0.2) is 0 Å². The van der Waals surface area contributed by atoms with Gasteiger partial charge in [-0.05, 0) is 26.0 Å². The fourth-order valence-electron chi connectivity index (χ4n) is 1.78. The number of hydrogen-bond donors (Lipinski definition) is 1. The minimum atomic E-state index is 0.140. The van der Waals surface area contributed by atoms with E-state index in [4.69, 9.17) is 14.0 Å². The van der Waals surface area contributed by atoms with E-state index in [2.05, 4.69) is 23.9 Å². The van der Waals surface area contributed by atoms with Gasteiger partial charge in [0.15, 0.2) is 5.76 Å². The van der Waals surface area contributed by atoms with Crippen LogP contribution in [-0.2, 0) is 6.54 Å². The third kappa shape index (κ3) is 3.00. The van der Waals surface area contributed by atoms with Crippen LogP contribution in [0.3, 0.4) is 0 Å². The number of aromatic nitrogens is 1. The van der Waals surface area contributed by atoms with Crippen molar-refractivity contribution in [3.63, 3.8) is 0 Å². The summed E-state index contributed by atoms with van der Waals surface area (Å²) < 4.78 is 10.5. The van der Waals surface area contributed by atoms with Crippen molar-refractivity contribution in [1.29, 1.82) is 0 Å². The van der Waals surface area contributed by atoms with Crippen molar-refractivity contribution in [2.24, 2.45) is 0 Å². The first-order valence-electron chi connectivity index (χ1n) is 6.05. The Morgan fingerprint density at radius 3 is 2.83 bits per heavy atom. The lowest BCUT2D eigenvalue weighted by molar-refractivity contribution is 0.156. The Hall–Kier alpha value is -1.59. The number of hydrogen-bond acceptors (Lipinski definition) is 5. The molecule has 0 bridgehead atoms. The first-order chi connectivity index (χ1) is 8.70. The van der Waals surface area contributed by atoms with E-state index in [0.717, 1.165) is 5.69 Å².